The van der Waals surface area contributed by atoms with Crippen molar-refractivity contribution >= 4 is 0 Å². The van der Waals surface area contributed by atoms with Gasteiger partial charge in [-0.1, -0.05) is 13.8 Å². The van der Waals surface area contributed by atoms with Crippen molar-refractivity contribution in [1.29, 1.82) is 0 Å². The van der Waals surface area contributed by atoms with Crippen LogP contribution in [0.25, 0.3) is 0 Å². The Labute approximate surface area is 76.7 Å². The quantitative estimate of drug-likeness (QED) is 0.663. The Morgan fingerprint density at radius 2 is 1.83 bits per heavy atom. The van der Waals surface area contributed by atoms with Crippen molar-refractivity contribution in [1.82, 2.24) is 5.32 Å². The van der Waals surface area contributed by atoms with Crippen molar-refractivity contribution in [2.45, 2.75) is 46.3 Å². The average molecular weight is 173 g/mol. The van der Waals surface area contributed by atoms with Crippen LogP contribution in [0.5, 0.6) is 0 Å². The van der Waals surface area contributed by atoms with E-state index in [1.54, 1.807) is 0 Å². The second-order valence-corrected chi connectivity index (χ2v) is 3.69. The Morgan fingerprint density at radius 3 is 2.17 bits per heavy atom. The summed E-state index contributed by atoms with van der Waals surface area (Å²) in [6, 6.07) is 0.491. The van der Waals surface area contributed by atoms with Gasteiger partial charge in [-0.05, 0) is 33.2 Å². The van der Waals surface area contributed by atoms with E-state index in [9.17, 15) is 0 Å². The summed E-state index contributed by atoms with van der Waals surface area (Å²) in [6.07, 6.45) is 1.50. The van der Waals surface area contributed by atoms with E-state index >= 15 is 0 Å². The SMILES string of the molecule is CCOC(C)C(CC(C)C)NC. The van der Waals surface area contributed by atoms with Gasteiger partial charge in [0, 0.05) is 12.6 Å². The summed E-state index contributed by atoms with van der Waals surface area (Å²) < 4.78 is 5.53. The molecule has 0 radical (unpaired) electrons. The van der Waals surface area contributed by atoms with Crippen molar-refractivity contribution in [3.05, 3.63) is 0 Å². The molecule has 0 aromatic carbocycles. The normalized spacial score (nSPS) is 16.5. The van der Waals surface area contributed by atoms with E-state index < -0.39 is 0 Å². The van der Waals surface area contributed by atoms with E-state index in [0.717, 1.165) is 12.5 Å². The van der Waals surface area contributed by atoms with E-state index in [0.29, 0.717) is 12.1 Å². The van der Waals surface area contributed by atoms with Crippen LogP contribution >= 0.6 is 0 Å². The summed E-state index contributed by atoms with van der Waals surface area (Å²) in [4.78, 5) is 0. The van der Waals surface area contributed by atoms with Crippen LogP contribution in [0.15, 0.2) is 0 Å². The van der Waals surface area contributed by atoms with E-state index in [-0.39, 0.29) is 0 Å². The maximum Gasteiger partial charge on any atom is 0.0699 e. The van der Waals surface area contributed by atoms with Crippen molar-refractivity contribution < 1.29 is 4.74 Å². The first kappa shape index (κ1) is 11.9. The molecule has 0 aromatic rings. The summed E-state index contributed by atoms with van der Waals surface area (Å²) >= 11 is 0. The first-order chi connectivity index (χ1) is 5.61. The van der Waals surface area contributed by atoms with Gasteiger partial charge in [-0.2, -0.15) is 0 Å². The predicted molar refractivity (Wildman–Crippen MR) is 53.4 cm³/mol. The highest BCUT2D eigenvalue weighted by molar-refractivity contribution is 4.73. The van der Waals surface area contributed by atoms with Gasteiger partial charge in [0.25, 0.3) is 0 Å². The summed E-state index contributed by atoms with van der Waals surface area (Å²) in [7, 11) is 2.00. The maximum absolute atomic E-state index is 5.53. The van der Waals surface area contributed by atoms with Crippen molar-refractivity contribution in [3.63, 3.8) is 0 Å². The Morgan fingerprint density at radius 1 is 1.25 bits per heavy atom. The van der Waals surface area contributed by atoms with Gasteiger partial charge >= 0.3 is 0 Å². The summed E-state index contributed by atoms with van der Waals surface area (Å²) in [5.74, 6) is 0.727. The molecule has 0 rings (SSSR count). The lowest BCUT2D eigenvalue weighted by Gasteiger charge is -2.24. The van der Waals surface area contributed by atoms with Crippen LogP contribution in [0.4, 0.5) is 0 Å². The van der Waals surface area contributed by atoms with Gasteiger partial charge in [-0.25, -0.2) is 0 Å². The second kappa shape index (κ2) is 6.44. The lowest BCUT2D eigenvalue weighted by Crippen LogP contribution is -2.38. The van der Waals surface area contributed by atoms with Gasteiger partial charge in [0.2, 0.25) is 0 Å². The van der Waals surface area contributed by atoms with Crippen LogP contribution in [0.3, 0.4) is 0 Å². The Kier molecular flexibility index (Phi) is 6.39. The zero-order valence-electron chi connectivity index (χ0n) is 9.05. The minimum absolute atomic E-state index is 0.322. The predicted octanol–water partition coefficient (Wildman–Crippen LogP) is 2.05. The molecule has 12 heavy (non-hydrogen) atoms. The highest BCUT2D eigenvalue weighted by Crippen LogP contribution is 2.09. The van der Waals surface area contributed by atoms with Crippen molar-refractivity contribution in [2.75, 3.05) is 13.7 Å². The third kappa shape index (κ3) is 4.73. The molecule has 0 heterocycles. The molecule has 0 spiro atoms. The van der Waals surface area contributed by atoms with E-state index in [1.165, 1.54) is 6.42 Å². The first-order valence-electron chi connectivity index (χ1n) is 4.90. The molecule has 1 N–H and O–H groups in total. The van der Waals surface area contributed by atoms with Crippen LogP contribution < -0.4 is 5.32 Å². The fraction of sp³-hybridized carbons (Fsp3) is 1.00. The number of nitrogens with one attached hydrogen (secondary N) is 1. The van der Waals surface area contributed by atoms with Gasteiger partial charge in [0.15, 0.2) is 0 Å². The Bertz CT molecular complexity index is 104. The number of likely N-dealkylation sites (N-methyl/N-ethyl adjacent to an activating group) is 1. The van der Waals surface area contributed by atoms with Gasteiger partial charge in [-0.3, -0.25) is 0 Å². The van der Waals surface area contributed by atoms with E-state index in [2.05, 4.69) is 26.1 Å². The molecular weight excluding hydrogens is 150 g/mol. The van der Waals surface area contributed by atoms with Crippen LogP contribution in [-0.2, 0) is 4.74 Å². The lowest BCUT2D eigenvalue weighted by atomic mass is 10.0. The van der Waals surface area contributed by atoms with Crippen LogP contribution in [0.2, 0.25) is 0 Å². The fourth-order valence-electron chi connectivity index (χ4n) is 1.43. The molecule has 2 heteroatoms. The molecule has 2 nitrogen and oxygen atoms in total. The zero-order chi connectivity index (χ0) is 9.56. The summed E-state index contributed by atoms with van der Waals surface area (Å²) in [5, 5.41) is 3.29. The zero-order valence-corrected chi connectivity index (χ0v) is 9.05. The number of rotatable bonds is 6. The average Bonchev–Trinajstić information content (AvgIpc) is 2.00. The number of hydrogen-bond acceptors (Lipinski definition) is 2. The highest BCUT2D eigenvalue weighted by Gasteiger charge is 2.16. The monoisotopic (exact) mass is 173 g/mol. The van der Waals surface area contributed by atoms with E-state index in [1.807, 2.05) is 14.0 Å². The molecule has 0 aliphatic rings. The number of hydrogen-bond donors (Lipinski definition) is 1. The molecule has 0 aromatic heterocycles. The smallest absolute Gasteiger partial charge is 0.0699 e. The Balaban J connectivity index is 3.78. The molecule has 2 unspecified atom stereocenters. The van der Waals surface area contributed by atoms with Crippen LogP contribution in [0, 0.1) is 5.92 Å². The van der Waals surface area contributed by atoms with Crippen LogP contribution in [0.1, 0.15) is 34.1 Å². The molecular formula is C10H23NO. The fourth-order valence-corrected chi connectivity index (χ4v) is 1.43. The minimum atomic E-state index is 0.322. The third-order valence-electron chi connectivity index (χ3n) is 2.09. The molecule has 0 aliphatic carbocycles. The summed E-state index contributed by atoms with van der Waals surface area (Å²) in [6.45, 7) is 9.45. The van der Waals surface area contributed by atoms with Gasteiger partial charge in [0.05, 0.1) is 6.10 Å². The topological polar surface area (TPSA) is 21.3 Å². The third-order valence-corrected chi connectivity index (χ3v) is 2.09. The Hall–Kier alpha value is -0.0800. The molecule has 0 amide bonds. The molecule has 0 bridgehead atoms. The second-order valence-electron chi connectivity index (χ2n) is 3.69. The molecule has 0 saturated heterocycles. The molecule has 0 saturated carbocycles. The molecule has 0 aliphatic heterocycles. The molecule has 74 valence electrons. The largest absolute Gasteiger partial charge is 0.377 e. The first-order valence-corrected chi connectivity index (χ1v) is 4.90. The van der Waals surface area contributed by atoms with Gasteiger partial charge in [-0.15, -0.1) is 0 Å². The molecule has 0 fully saturated rings. The maximum atomic E-state index is 5.53. The summed E-state index contributed by atoms with van der Waals surface area (Å²) in [5.41, 5.74) is 0. The highest BCUT2D eigenvalue weighted by atomic mass is 16.5. The van der Waals surface area contributed by atoms with Crippen LogP contribution in [-0.4, -0.2) is 25.8 Å². The van der Waals surface area contributed by atoms with Gasteiger partial charge < -0.3 is 10.1 Å². The number of ether oxygens (including phenoxy) is 1. The standard InChI is InChI=1S/C10H23NO/c1-6-12-9(4)10(11-5)7-8(2)3/h8-11H,6-7H2,1-5H3. The van der Waals surface area contributed by atoms with Crippen molar-refractivity contribution in [3.8, 4) is 0 Å². The van der Waals surface area contributed by atoms with Gasteiger partial charge in [0.1, 0.15) is 0 Å². The van der Waals surface area contributed by atoms with E-state index in [4.69, 9.17) is 4.74 Å². The molecule has 2 atom stereocenters. The minimum Gasteiger partial charge on any atom is -0.377 e. The van der Waals surface area contributed by atoms with Crippen molar-refractivity contribution in [2.24, 2.45) is 5.92 Å². The lowest BCUT2D eigenvalue weighted by molar-refractivity contribution is 0.0440.